The summed E-state index contributed by atoms with van der Waals surface area (Å²) >= 11 is 7.61. The fourth-order valence-corrected chi connectivity index (χ4v) is 5.16. The molecule has 1 atom stereocenters. The van der Waals surface area contributed by atoms with E-state index in [1.54, 1.807) is 32.9 Å². The molecule has 2 heterocycles. The molecule has 12 heteroatoms. The molecule has 0 radical (unpaired) electrons. The molecule has 212 valence electrons. The molecule has 39 heavy (non-hydrogen) atoms. The number of primary amides is 1. The SMILES string of the molecule is Cc1csc(NC(=O)OCC2(C(=O)NCc3ccccc3Cl)CCN(C(=O)C(OC(C)(C)C)C(N)=O)CC2)c1. The summed E-state index contributed by atoms with van der Waals surface area (Å²) in [5.74, 6) is -1.77. The van der Waals surface area contributed by atoms with Crippen LogP contribution in [0.1, 0.15) is 44.7 Å². The van der Waals surface area contributed by atoms with Crippen LogP contribution in [0.15, 0.2) is 35.7 Å². The zero-order valence-corrected chi connectivity index (χ0v) is 24.1. The summed E-state index contributed by atoms with van der Waals surface area (Å²) in [5, 5.41) is 8.63. The van der Waals surface area contributed by atoms with E-state index in [0.717, 1.165) is 11.1 Å². The van der Waals surface area contributed by atoms with Crippen LogP contribution in [-0.2, 0) is 30.4 Å². The lowest BCUT2D eigenvalue weighted by Gasteiger charge is -2.41. The van der Waals surface area contributed by atoms with Gasteiger partial charge >= 0.3 is 6.09 Å². The van der Waals surface area contributed by atoms with Crippen LogP contribution < -0.4 is 16.4 Å². The quantitative estimate of drug-likeness (QED) is 0.386. The topological polar surface area (TPSA) is 140 Å². The van der Waals surface area contributed by atoms with Crippen molar-refractivity contribution in [2.75, 3.05) is 25.0 Å². The third kappa shape index (κ3) is 8.42. The van der Waals surface area contributed by atoms with Crippen molar-refractivity contribution in [2.45, 2.75) is 58.8 Å². The molecule has 1 aliphatic rings. The Balaban J connectivity index is 1.72. The molecule has 0 aliphatic carbocycles. The minimum Gasteiger partial charge on any atom is -0.448 e. The van der Waals surface area contributed by atoms with E-state index in [9.17, 15) is 19.2 Å². The summed E-state index contributed by atoms with van der Waals surface area (Å²) in [7, 11) is 0. The third-order valence-corrected chi connectivity index (χ3v) is 7.63. The Kier molecular flexibility index (Phi) is 9.98. The molecule has 1 aromatic heterocycles. The first-order valence-corrected chi connectivity index (χ1v) is 13.8. The van der Waals surface area contributed by atoms with Crippen LogP contribution in [0.5, 0.6) is 0 Å². The van der Waals surface area contributed by atoms with Crippen LogP contribution in [-0.4, -0.2) is 60.1 Å². The predicted molar refractivity (Wildman–Crippen MR) is 149 cm³/mol. The van der Waals surface area contributed by atoms with E-state index in [1.807, 2.05) is 30.5 Å². The number of nitrogens with two attached hydrogens (primary N) is 1. The number of nitrogens with zero attached hydrogens (tertiary/aromatic N) is 1. The van der Waals surface area contributed by atoms with Crippen LogP contribution in [0.25, 0.3) is 0 Å². The summed E-state index contributed by atoms with van der Waals surface area (Å²) < 4.78 is 11.1. The Morgan fingerprint density at radius 3 is 2.41 bits per heavy atom. The van der Waals surface area contributed by atoms with E-state index in [4.69, 9.17) is 26.8 Å². The number of anilines is 1. The van der Waals surface area contributed by atoms with Gasteiger partial charge in [-0.3, -0.25) is 19.7 Å². The molecule has 0 saturated carbocycles. The molecule has 1 saturated heterocycles. The van der Waals surface area contributed by atoms with Gasteiger partial charge in [0, 0.05) is 24.7 Å². The largest absolute Gasteiger partial charge is 0.448 e. The van der Waals surface area contributed by atoms with Crippen molar-refractivity contribution in [3.63, 3.8) is 0 Å². The van der Waals surface area contributed by atoms with Gasteiger partial charge in [0.25, 0.3) is 11.8 Å². The van der Waals surface area contributed by atoms with Gasteiger partial charge < -0.3 is 25.4 Å². The Morgan fingerprint density at radius 2 is 1.85 bits per heavy atom. The van der Waals surface area contributed by atoms with Gasteiger partial charge in [-0.15, -0.1) is 11.3 Å². The van der Waals surface area contributed by atoms with Crippen LogP contribution in [0.4, 0.5) is 9.80 Å². The molecule has 1 aliphatic heterocycles. The highest BCUT2D eigenvalue weighted by molar-refractivity contribution is 7.14. The molecular formula is C27H35ClN4O6S. The van der Waals surface area contributed by atoms with E-state index >= 15 is 0 Å². The lowest BCUT2D eigenvalue weighted by Crippen LogP contribution is -2.56. The molecule has 0 spiro atoms. The lowest BCUT2D eigenvalue weighted by molar-refractivity contribution is -0.163. The van der Waals surface area contributed by atoms with Gasteiger partial charge in [-0.05, 0) is 69.2 Å². The van der Waals surface area contributed by atoms with Gasteiger partial charge in [-0.1, -0.05) is 29.8 Å². The molecule has 10 nitrogen and oxygen atoms in total. The number of nitrogens with one attached hydrogen (secondary N) is 2. The molecule has 1 fully saturated rings. The third-order valence-electron chi connectivity index (χ3n) is 6.30. The number of aryl methyl sites for hydroxylation is 1. The number of halogens is 1. The van der Waals surface area contributed by atoms with Gasteiger partial charge in [-0.25, -0.2) is 4.79 Å². The number of ether oxygens (including phenoxy) is 2. The standard InChI is InChI=1S/C27H35ClN4O6S/c1-17-13-20(39-15-17)31-25(36)37-16-27(24(35)30-14-18-7-5-6-8-19(18)28)9-11-32(12-10-27)23(34)21(22(29)33)38-26(2,3)4/h5-8,13,15,21H,9-12,14,16H2,1-4H3,(H2,29,33)(H,30,35)(H,31,36). The monoisotopic (exact) mass is 578 g/mol. The van der Waals surface area contributed by atoms with Crippen molar-refractivity contribution < 1.29 is 28.7 Å². The number of amides is 4. The lowest BCUT2D eigenvalue weighted by atomic mass is 9.78. The summed E-state index contributed by atoms with van der Waals surface area (Å²) in [4.78, 5) is 52.6. The zero-order chi connectivity index (χ0) is 28.8. The minimum absolute atomic E-state index is 0.144. The van der Waals surface area contributed by atoms with Gasteiger partial charge in [0.2, 0.25) is 12.0 Å². The van der Waals surface area contributed by atoms with Crippen molar-refractivity contribution in [1.29, 1.82) is 0 Å². The first-order chi connectivity index (χ1) is 18.3. The number of likely N-dealkylation sites (tertiary alicyclic amines) is 1. The molecule has 1 unspecified atom stereocenters. The second-order valence-corrected chi connectivity index (χ2v) is 11.9. The Morgan fingerprint density at radius 1 is 1.18 bits per heavy atom. The second kappa shape index (κ2) is 12.8. The van der Waals surface area contributed by atoms with Crippen molar-refractivity contribution in [3.8, 4) is 0 Å². The predicted octanol–water partition coefficient (Wildman–Crippen LogP) is 3.85. The van der Waals surface area contributed by atoms with Gasteiger partial charge in [0.15, 0.2) is 0 Å². The molecule has 1 aromatic carbocycles. The van der Waals surface area contributed by atoms with Crippen LogP contribution in [0, 0.1) is 12.3 Å². The highest BCUT2D eigenvalue weighted by Crippen LogP contribution is 2.34. The summed E-state index contributed by atoms with van der Waals surface area (Å²) in [6.45, 7) is 7.36. The maximum Gasteiger partial charge on any atom is 0.412 e. The Hall–Kier alpha value is -3.15. The maximum atomic E-state index is 13.5. The molecule has 3 rings (SSSR count). The van der Waals surface area contributed by atoms with E-state index in [1.165, 1.54) is 16.2 Å². The van der Waals surface area contributed by atoms with Crippen molar-refractivity contribution >= 4 is 51.8 Å². The fraction of sp³-hybridized carbons (Fsp3) is 0.481. The van der Waals surface area contributed by atoms with Crippen molar-refractivity contribution in [2.24, 2.45) is 11.1 Å². The highest BCUT2D eigenvalue weighted by Gasteiger charge is 2.45. The van der Waals surface area contributed by atoms with E-state index in [0.29, 0.717) is 10.0 Å². The Labute approximate surface area is 237 Å². The summed E-state index contributed by atoms with van der Waals surface area (Å²) in [6, 6.07) is 8.98. The fourth-order valence-electron chi connectivity index (χ4n) is 4.18. The average Bonchev–Trinajstić information content (AvgIpc) is 3.28. The number of carbonyl (C=O) groups is 4. The van der Waals surface area contributed by atoms with Gasteiger partial charge in [0.05, 0.1) is 16.0 Å². The number of benzene rings is 1. The highest BCUT2D eigenvalue weighted by atomic mass is 35.5. The van der Waals surface area contributed by atoms with E-state index in [-0.39, 0.29) is 45.0 Å². The van der Waals surface area contributed by atoms with E-state index in [2.05, 4.69) is 10.6 Å². The van der Waals surface area contributed by atoms with Crippen LogP contribution in [0.2, 0.25) is 5.02 Å². The van der Waals surface area contributed by atoms with Crippen molar-refractivity contribution in [3.05, 3.63) is 51.9 Å². The number of hydrogen-bond acceptors (Lipinski definition) is 7. The number of rotatable bonds is 9. The molecule has 4 amide bonds. The number of carbonyl (C=O) groups excluding carboxylic acids is 4. The van der Waals surface area contributed by atoms with Gasteiger partial charge in [0.1, 0.15) is 6.61 Å². The maximum absolute atomic E-state index is 13.5. The van der Waals surface area contributed by atoms with Crippen molar-refractivity contribution in [1.82, 2.24) is 10.2 Å². The number of hydrogen-bond donors (Lipinski definition) is 3. The summed E-state index contributed by atoms with van der Waals surface area (Å²) in [5.41, 5.74) is 5.33. The minimum atomic E-state index is -1.44. The average molecular weight is 579 g/mol. The first kappa shape index (κ1) is 30.4. The van der Waals surface area contributed by atoms with Gasteiger partial charge in [-0.2, -0.15) is 0 Å². The first-order valence-electron chi connectivity index (χ1n) is 12.6. The molecular weight excluding hydrogens is 544 g/mol. The number of piperidine rings is 1. The second-order valence-electron chi connectivity index (χ2n) is 10.6. The van der Waals surface area contributed by atoms with Crippen LogP contribution in [0.3, 0.4) is 0 Å². The summed E-state index contributed by atoms with van der Waals surface area (Å²) in [6.07, 6.45) is -1.73. The smallest absolute Gasteiger partial charge is 0.412 e. The zero-order valence-electron chi connectivity index (χ0n) is 22.5. The molecule has 4 N–H and O–H groups in total. The number of thiophene rings is 1. The van der Waals surface area contributed by atoms with E-state index < -0.39 is 35.0 Å². The molecule has 2 aromatic rings. The van der Waals surface area contributed by atoms with Crippen LogP contribution >= 0.6 is 22.9 Å². The molecule has 0 bridgehead atoms. The Bertz CT molecular complexity index is 1200. The normalized spacial score (nSPS) is 15.8.